The summed E-state index contributed by atoms with van der Waals surface area (Å²) < 4.78 is 12.0. The molecule has 4 rings (SSSR count). The van der Waals surface area contributed by atoms with Gasteiger partial charge in [-0.05, 0) is 29.8 Å². The minimum Gasteiger partial charge on any atom is -0.494 e. The number of amides is 1. The van der Waals surface area contributed by atoms with Crippen molar-refractivity contribution in [2.75, 3.05) is 19.8 Å². The number of benzene rings is 2. The first kappa shape index (κ1) is 21.8. The number of aliphatic hydroxyl groups is 1. The molecule has 6 heteroatoms. The molecule has 0 unspecified atom stereocenters. The molecule has 2 aliphatic rings. The van der Waals surface area contributed by atoms with Gasteiger partial charge in [-0.25, -0.2) is 4.99 Å². The Bertz CT molecular complexity index is 1030. The summed E-state index contributed by atoms with van der Waals surface area (Å²) in [6, 6.07) is 15.4. The molecule has 0 saturated carbocycles. The van der Waals surface area contributed by atoms with Crippen molar-refractivity contribution in [3.8, 4) is 5.75 Å². The van der Waals surface area contributed by atoms with Crippen LogP contribution in [0.4, 0.5) is 0 Å². The third-order valence-corrected chi connectivity index (χ3v) is 5.80. The third kappa shape index (κ3) is 3.94. The normalized spacial score (nSPS) is 21.7. The van der Waals surface area contributed by atoms with Gasteiger partial charge in [-0.3, -0.25) is 4.79 Å². The van der Waals surface area contributed by atoms with Crippen molar-refractivity contribution >= 4 is 11.8 Å². The number of aliphatic hydroxyl groups excluding tert-OH is 1. The molecule has 0 fully saturated rings. The Morgan fingerprint density at radius 2 is 1.97 bits per heavy atom. The molecule has 0 spiro atoms. The number of hydrogen-bond donors (Lipinski definition) is 1. The first-order chi connectivity index (χ1) is 15.6. The third-order valence-electron chi connectivity index (χ3n) is 5.80. The first-order valence-electron chi connectivity index (χ1n) is 10.8. The number of aliphatic imine (C=N–C) groups is 1. The average molecular weight is 433 g/mol. The van der Waals surface area contributed by atoms with Crippen molar-refractivity contribution in [3.63, 3.8) is 0 Å². The fraction of sp³-hybridized carbons (Fsp3) is 0.308. The highest BCUT2D eigenvalue weighted by atomic mass is 16.5. The van der Waals surface area contributed by atoms with E-state index in [1.165, 1.54) is 0 Å². The fourth-order valence-electron chi connectivity index (χ4n) is 4.29. The van der Waals surface area contributed by atoms with Crippen molar-refractivity contribution < 1.29 is 19.4 Å². The molecule has 0 aliphatic carbocycles. The van der Waals surface area contributed by atoms with Gasteiger partial charge in [-0.1, -0.05) is 36.4 Å². The van der Waals surface area contributed by atoms with Crippen LogP contribution in [0.5, 0.6) is 5.75 Å². The fourth-order valence-corrected chi connectivity index (χ4v) is 4.29. The van der Waals surface area contributed by atoms with Gasteiger partial charge >= 0.3 is 0 Å². The van der Waals surface area contributed by atoms with E-state index in [4.69, 9.17) is 19.6 Å². The van der Waals surface area contributed by atoms with Gasteiger partial charge < -0.3 is 19.5 Å². The standard InChI is InChI=1S/C26H28N2O4/c1-3-14-26-23(22-9-6-5-8-20(22)18-28(15-4-2)25(26)30)32-24(27-26)19-10-12-21(13-11-19)31-17-7-16-29/h3-6,8-13,23,29H,1-2,7,14-18H2/t23-,26-/m1/s1. The monoisotopic (exact) mass is 432 g/mol. The average Bonchev–Trinajstić information content (AvgIpc) is 3.16. The number of carbonyl (C=O) groups is 1. The highest BCUT2D eigenvalue weighted by molar-refractivity contribution is 6.01. The Morgan fingerprint density at radius 3 is 2.69 bits per heavy atom. The SMILES string of the molecule is C=CCN1Cc2ccccc2[C@H]2OC(c3ccc(OCCCO)cc3)=N[C@@]2(CC=C)C1=O. The number of hydrogen-bond acceptors (Lipinski definition) is 5. The molecule has 2 aromatic rings. The predicted molar refractivity (Wildman–Crippen MR) is 124 cm³/mol. The van der Waals surface area contributed by atoms with Gasteiger partial charge in [0.2, 0.25) is 5.90 Å². The van der Waals surface area contributed by atoms with Crippen LogP contribution in [0.3, 0.4) is 0 Å². The van der Waals surface area contributed by atoms with E-state index in [9.17, 15) is 4.79 Å². The lowest BCUT2D eigenvalue weighted by atomic mass is 9.84. The quantitative estimate of drug-likeness (QED) is 0.483. The second kappa shape index (κ2) is 9.40. The van der Waals surface area contributed by atoms with E-state index < -0.39 is 11.6 Å². The van der Waals surface area contributed by atoms with Gasteiger partial charge in [-0.15, -0.1) is 13.2 Å². The van der Waals surface area contributed by atoms with E-state index in [0.29, 0.717) is 44.2 Å². The number of ether oxygens (including phenoxy) is 2. The van der Waals surface area contributed by atoms with Crippen molar-refractivity contribution in [2.45, 2.75) is 31.0 Å². The van der Waals surface area contributed by atoms with Crippen molar-refractivity contribution in [1.82, 2.24) is 4.90 Å². The van der Waals surface area contributed by atoms with Crippen LogP contribution < -0.4 is 4.74 Å². The van der Waals surface area contributed by atoms with Crippen molar-refractivity contribution in [2.24, 2.45) is 4.99 Å². The Labute approximate surface area is 188 Å². The van der Waals surface area contributed by atoms with E-state index in [-0.39, 0.29) is 12.5 Å². The summed E-state index contributed by atoms with van der Waals surface area (Å²) >= 11 is 0. The largest absolute Gasteiger partial charge is 0.494 e. The summed E-state index contributed by atoms with van der Waals surface area (Å²) in [5, 5.41) is 8.91. The molecule has 2 atom stereocenters. The molecule has 32 heavy (non-hydrogen) atoms. The summed E-state index contributed by atoms with van der Waals surface area (Å²) in [5.41, 5.74) is 1.68. The molecule has 0 radical (unpaired) electrons. The van der Waals surface area contributed by atoms with Gasteiger partial charge in [0.25, 0.3) is 5.91 Å². The minimum atomic E-state index is -1.11. The maximum atomic E-state index is 13.8. The molecule has 2 heterocycles. The van der Waals surface area contributed by atoms with Gasteiger partial charge in [0.15, 0.2) is 11.6 Å². The van der Waals surface area contributed by atoms with Crippen molar-refractivity contribution in [1.29, 1.82) is 0 Å². The maximum Gasteiger partial charge on any atom is 0.255 e. The molecule has 0 aromatic heterocycles. The van der Waals surface area contributed by atoms with Crippen LogP contribution in [0.2, 0.25) is 0 Å². The lowest BCUT2D eigenvalue weighted by Crippen LogP contribution is -2.48. The maximum absolute atomic E-state index is 13.8. The second-order valence-corrected chi connectivity index (χ2v) is 7.96. The zero-order chi connectivity index (χ0) is 22.6. The van der Waals surface area contributed by atoms with Crippen LogP contribution in [0.1, 0.15) is 35.6 Å². The molecule has 2 aromatic carbocycles. The van der Waals surface area contributed by atoms with Gasteiger partial charge in [0.1, 0.15) is 5.75 Å². The van der Waals surface area contributed by atoms with Crippen LogP contribution in [0.25, 0.3) is 0 Å². The Hall–Kier alpha value is -3.38. The molecular formula is C26H28N2O4. The van der Waals surface area contributed by atoms with Gasteiger partial charge in [0.05, 0.1) is 6.61 Å². The molecule has 0 bridgehead atoms. The number of carbonyl (C=O) groups excluding carboxylic acids is 1. The van der Waals surface area contributed by atoms with E-state index >= 15 is 0 Å². The molecule has 1 amide bonds. The zero-order valence-electron chi connectivity index (χ0n) is 18.1. The summed E-state index contributed by atoms with van der Waals surface area (Å²) in [7, 11) is 0. The summed E-state index contributed by atoms with van der Waals surface area (Å²) in [4.78, 5) is 20.5. The minimum absolute atomic E-state index is 0.0857. The van der Waals surface area contributed by atoms with E-state index in [1.54, 1.807) is 17.1 Å². The molecule has 166 valence electrons. The topological polar surface area (TPSA) is 71.4 Å². The second-order valence-electron chi connectivity index (χ2n) is 7.96. The molecule has 6 nitrogen and oxygen atoms in total. The summed E-state index contributed by atoms with van der Waals surface area (Å²) in [6.45, 7) is 9.18. The number of nitrogens with zero attached hydrogens (tertiary/aromatic N) is 2. The van der Waals surface area contributed by atoms with Crippen LogP contribution in [-0.2, 0) is 16.1 Å². The van der Waals surface area contributed by atoms with Gasteiger partial charge in [-0.2, -0.15) is 0 Å². The first-order valence-corrected chi connectivity index (χ1v) is 10.8. The lowest BCUT2D eigenvalue weighted by molar-refractivity contribution is -0.138. The van der Waals surface area contributed by atoms with Crippen LogP contribution >= 0.6 is 0 Å². The predicted octanol–water partition coefficient (Wildman–Crippen LogP) is 3.81. The van der Waals surface area contributed by atoms with Crippen LogP contribution in [-0.4, -0.2) is 47.1 Å². The van der Waals surface area contributed by atoms with Crippen LogP contribution in [0.15, 0.2) is 78.8 Å². The van der Waals surface area contributed by atoms with E-state index in [2.05, 4.69) is 13.2 Å². The Morgan fingerprint density at radius 1 is 1.19 bits per heavy atom. The molecule has 2 aliphatic heterocycles. The van der Waals surface area contributed by atoms with Crippen LogP contribution in [0, 0.1) is 0 Å². The number of fused-ring (bicyclic) bond motifs is 3. The van der Waals surface area contributed by atoms with E-state index in [0.717, 1.165) is 16.7 Å². The summed E-state index contributed by atoms with van der Waals surface area (Å²) in [6.07, 6.45) is 3.88. The van der Waals surface area contributed by atoms with Crippen molar-refractivity contribution in [3.05, 3.63) is 90.5 Å². The van der Waals surface area contributed by atoms with Gasteiger partial charge in [0, 0.05) is 43.7 Å². The Kier molecular flexibility index (Phi) is 6.42. The smallest absolute Gasteiger partial charge is 0.255 e. The lowest BCUT2D eigenvalue weighted by Gasteiger charge is -2.31. The molecule has 0 saturated heterocycles. The molecular weight excluding hydrogens is 404 g/mol. The van der Waals surface area contributed by atoms with E-state index in [1.807, 2.05) is 48.5 Å². The zero-order valence-corrected chi connectivity index (χ0v) is 18.1. The number of rotatable bonds is 9. The molecule has 1 N–H and O–H groups in total. The highest BCUT2D eigenvalue weighted by Gasteiger charge is 2.55. The Balaban J connectivity index is 1.73. The summed E-state index contributed by atoms with van der Waals surface area (Å²) in [5.74, 6) is 1.05. The highest BCUT2D eigenvalue weighted by Crippen LogP contribution is 2.46.